The summed E-state index contributed by atoms with van der Waals surface area (Å²) in [6.45, 7) is 5.47. The summed E-state index contributed by atoms with van der Waals surface area (Å²) >= 11 is 0. The molecule has 3 N–H and O–H groups in total. The highest BCUT2D eigenvalue weighted by molar-refractivity contribution is 7.88. The van der Waals surface area contributed by atoms with Crippen LogP contribution in [-0.2, 0) is 19.6 Å². The summed E-state index contributed by atoms with van der Waals surface area (Å²) in [7, 11) is -3.54. The molecule has 24 heavy (non-hydrogen) atoms. The normalized spacial score (nSPS) is 19.5. The van der Waals surface area contributed by atoms with Gasteiger partial charge < -0.3 is 15.2 Å². The average Bonchev–Trinajstić information content (AvgIpc) is 2.35. The van der Waals surface area contributed by atoms with Gasteiger partial charge in [-0.3, -0.25) is 4.79 Å². The third kappa shape index (κ3) is 7.75. The smallest absolute Gasteiger partial charge is 0.409 e. The van der Waals surface area contributed by atoms with Crippen molar-refractivity contribution in [3.63, 3.8) is 0 Å². The molecule has 0 aromatic rings. The van der Waals surface area contributed by atoms with Gasteiger partial charge in [-0.2, -0.15) is 0 Å². The third-order valence-corrected chi connectivity index (χ3v) is 3.57. The van der Waals surface area contributed by atoms with Gasteiger partial charge in [0, 0.05) is 13.0 Å². The number of hydrogen-bond acceptors (Lipinski definition) is 6. The Morgan fingerprint density at radius 2 is 2.04 bits per heavy atom. The first-order valence-electron chi connectivity index (χ1n) is 7.52. The maximum Gasteiger partial charge on any atom is 0.409 e. The van der Waals surface area contributed by atoms with Crippen molar-refractivity contribution in [1.29, 1.82) is 0 Å². The van der Waals surface area contributed by atoms with Crippen LogP contribution in [0.25, 0.3) is 0 Å². The number of hydrogen-bond donors (Lipinski definition) is 3. The molecule has 1 aliphatic heterocycles. The van der Waals surface area contributed by atoms with Gasteiger partial charge in [-0.25, -0.2) is 18.2 Å². The van der Waals surface area contributed by atoms with Crippen LogP contribution < -0.4 is 10.1 Å². The number of carboxylic acids is 1. The highest BCUT2D eigenvalue weighted by Crippen LogP contribution is 2.20. The lowest BCUT2D eigenvalue weighted by atomic mass is 10.0. The van der Waals surface area contributed by atoms with E-state index in [0.29, 0.717) is 18.5 Å². The maximum atomic E-state index is 12.0. The Labute approximate surface area is 142 Å². The van der Waals surface area contributed by atoms with Gasteiger partial charge in [0.1, 0.15) is 11.8 Å². The Balaban J connectivity index is 2.94. The molecule has 0 saturated heterocycles. The molecule has 10 heteroatoms. The predicted octanol–water partition coefficient (Wildman–Crippen LogP) is 0.798. The number of hydrazine groups is 1. The molecule has 0 bridgehead atoms. The maximum absolute atomic E-state index is 12.0. The third-order valence-electron chi connectivity index (χ3n) is 3.00. The molecule has 0 fully saturated rings. The fraction of sp³-hybridized carbons (Fsp3) is 0.714. The number of amides is 1. The molecule has 0 aromatic heterocycles. The zero-order chi connectivity index (χ0) is 18.5. The summed E-state index contributed by atoms with van der Waals surface area (Å²) in [5.41, 5.74) is -0.0932. The van der Waals surface area contributed by atoms with Crippen molar-refractivity contribution < 1.29 is 27.9 Å². The minimum Gasteiger partial charge on any atom is -0.481 e. The zero-order valence-electron chi connectivity index (χ0n) is 14.3. The SMILES string of the molecule is CC(C)(C)OC(=O)N[C@@H]1C(CCC(=O)O)=CCCN1NS(C)(=O)=O. The minimum absolute atomic E-state index is 0.120. The van der Waals surface area contributed by atoms with Crippen molar-refractivity contribution in [2.24, 2.45) is 0 Å². The molecule has 1 heterocycles. The number of alkyl carbamates (subject to hydrolysis) is 1. The Bertz CT molecular complexity index is 608. The molecule has 9 nitrogen and oxygen atoms in total. The quantitative estimate of drug-likeness (QED) is 0.596. The van der Waals surface area contributed by atoms with Gasteiger partial charge in [0.05, 0.1) is 6.26 Å². The molecule has 1 atom stereocenters. The van der Waals surface area contributed by atoms with Crippen molar-refractivity contribution in [2.75, 3.05) is 12.8 Å². The van der Waals surface area contributed by atoms with Crippen LogP contribution in [0.3, 0.4) is 0 Å². The summed E-state index contributed by atoms with van der Waals surface area (Å²) in [4.78, 5) is 25.2. The largest absolute Gasteiger partial charge is 0.481 e. The van der Waals surface area contributed by atoms with Gasteiger partial charge in [-0.1, -0.05) is 6.08 Å². The molecular formula is C14H25N3O6S. The van der Waals surface area contributed by atoms with Crippen LogP contribution in [-0.4, -0.2) is 55.2 Å². The van der Waals surface area contributed by atoms with E-state index < -0.39 is 33.9 Å². The van der Waals surface area contributed by atoms with Crippen molar-refractivity contribution >= 4 is 22.1 Å². The molecule has 0 aromatic carbocycles. The molecule has 1 amide bonds. The number of nitrogens with one attached hydrogen (secondary N) is 2. The number of carbonyl (C=O) groups is 2. The fourth-order valence-corrected chi connectivity index (χ4v) is 2.84. The highest BCUT2D eigenvalue weighted by atomic mass is 32.2. The van der Waals surface area contributed by atoms with Crippen molar-refractivity contribution in [3.05, 3.63) is 11.6 Å². The van der Waals surface area contributed by atoms with Crippen LogP contribution in [0.15, 0.2) is 11.6 Å². The highest BCUT2D eigenvalue weighted by Gasteiger charge is 2.30. The van der Waals surface area contributed by atoms with Gasteiger partial charge >= 0.3 is 12.1 Å². The van der Waals surface area contributed by atoms with E-state index >= 15 is 0 Å². The molecule has 0 unspecified atom stereocenters. The second-order valence-corrected chi connectivity index (χ2v) is 8.29. The zero-order valence-corrected chi connectivity index (χ0v) is 15.1. The molecule has 0 saturated carbocycles. The monoisotopic (exact) mass is 363 g/mol. The van der Waals surface area contributed by atoms with Crippen molar-refractivity contribution in [2.45, 2.75) is 51.8 Å². The van der Waals surface area contributed by atoms with E-state index in [4.69, 9.17) is 9.84 Å². The van der Waals surface area contributed by atoms with Gasteiger partial charge in [0.15, 0.2) is 0 Å². The number of aliphatic carboxylic acids is 1. The molecule has 0 radical (unpaired) electrons. The number of carbonyl (C=O) groups excluding carboxylic acids is 1. The van der Waals surface area contributed by atoms with E-state index in [-0.39, 0.29) is 12.8 Å². The fourth-order valence-electron chi connectivity index (χ4n) is 2.22. The number of rotatable bonds is 6. The van der Waals surface area contributed by atoms with Crippen LogP contribution >= 0.6 is 0 Å². The summed E-state index contributed by atoms with van der Waals surface area (Å²) < 4.78 is 28.2. The standard InChI is InChI=1S/C14H25N3O6S/c1-14(2,3)23-13(20)15-12-10(7-8-11(18)19)6-5-9-17(12)16-24(4,21)22/h6,12,16H,5,7-9H2,1-4H3,(H,15,20)(H,18,19)/t12-/m0/s1. The van der Waals surface area contributed by atoms with Gasteiger partial charge in [-0.15, -0.1) is 4.83 Å². The van der Waals surface area contributed by atoms with Crippen molar-refractivity contribution in [3.8, 4) is 0 Å². The molecule has 0 aliphatic carbocycles. The molecule has 0 spiro atoms. The van der Waals surface area contributed by atoms with Gasteiger partial charge in [-0.05, 0) is 39.2 Å². The van der Waals surface area contributed by atoms with E-state index in [1.54, 1.807) is 20.8 Å². The first-order valence-corrected chi connectivity index (χ1v) is 9.41. The molecular weight excluding hydrogens is 338 g/mol. The topological polar surface area (TPSA) is 125 Å². The average molecular weight is 363 g/mol. The first-order chi connectivity index (χ1) is 10.9. The van der Waals surface area contributed by atoms with Gasteiger partial charge in [0.25, 0.3) is 0 Å². The Morgan fingerprint density at radius 3 is 2.54 bits per heavy atom. The van der Waals surface area contributed by atoms with Crippen LogP contribution in [0.5, 0.6) is 0 Å². The first kappa shape index (κ1) is 20.4. The Morgan fingerprint density at radius 1 is 1.42 bits per heavy atom. The van der Waals surface area contributed by atoms with Crippen molar-refractivity contribution in [1.82, 2.24) is 15.2 Å². The summed E-state index contributed by atoms with van der Waals surface area (Å²) in [6.07, 6.45) is 1.91. The van der Waals surface area contributed by atoms with Gasteiger partial charge in [0.2, 0.25) is 10.0 Å². The van der Waals surface area contributed by atoms with E-state index in [9.17, 15) is 18.0 Å². The molecule has 138 valence electrons. The van der Waals surface area contributed by atoms with E-state index in [0.717, 1.165) is 6.26 Å². The van der Waals surface area contributed by atoms with Crippen LogP contribution in [0.4, 0.5) is 4.79 Å². The molecule has 1 rings (SSSR count). The van der Waals surface area contributed by atoms with E-state index in [1.807, 2.05) is 6.08 Å². The Kier molecular flexibility index (Phi) is 6.76. The number of ether oxygens (including phenoxy) is 1. The van der Waals surface area contributed by atoms with Crippen LogP contribution in [0.2, 0.25) is 0 Å². The summed E-state index contributed by atoms with van der Waals surface area (Å²) in [6, 6.07) is 0. The predicted molar refractivity (Wildman–Crippen MR) is 87.4 cm³/mol. The van der Waals surface area contributed by atoms with E-state index in [2.05, 4.69) is 10.1 Å². The number of carboxylic acid groups (broad SMARTS) is 1. The Hall–Kier alpha value is -1.65. The lowest BCUT2D eigenvalue weighted by Gasteiger charge is -2.36. The molecule has 1 aliphatic rings. The van der Waals surface area contributed by atoms with Crippen LogP contribution in [0, 0.1) is 0 Å². The summed E-state index contributed by atoms with van der Waals surface area (Å²) in [5.74, 6) is -0.972. The van der Waals surface area contributed by atoms with Crippen LogP contribution in [0.1, 0.15) is 40.0 Å². The number of nitrogens with zero attached hydrogens (tertiary/aromatic N) is 1. The second-order valence-electron chi connectivity index (χ2n) is 6.57. The second kappa shape index (κ2) is 7.95. The lowest BCUT2D eigenvalue weighted by molar-refractivity contribution is -0.137. The number of sulfonamides is 1. The lowest BCUT2D eigenvalue weighted by Crippen LogP contribution is -2.58. The minimum atomic E-state index is -3.54. The summed E-state index contributed by atoms with van der Waals surface area (Å²) in [5, 5.41) is 12.8. The van der Waals surface area contributed by atoms with E-state index in [1.165, 1.54) is 5.01 Å².